The zero-order valence-electron chi connectivity index (χ0n) is 18.7. The van der Waals surface area contributed by atoms with E-state index in [0.29, 0.717) is 38.1 Å². The third kappa shape index (κ3) is 9.27. The molecule has 1 atom stereocenters. The van der Waals surface area contributed by atoms with E-state index < -0.39 is 0 Å². The zero-order chi connectivity index (χ0) is 22.4. The van der Waals surface area contributed by atoms with Crippen LogP contribution in [0.1, 0.15) is 17.0 Å². The van der Waals surface area contributed by atoms with E-state index in [1.54, 1.807) is 13.2 Å². The summed E-state index contributed by atoms with van der Waals surface area (Å²) in [6.07, 6.45) is 1.77. The number of hydrogen-bond acceptors (Lipinski definition) is 5. The normalized spacial score (nSPS) is 11.8. The van der Waals surface area contributed by atoms with E-state index in [9.17, 15) is 5.11 Å². The molecule has 7 nitrogen and oxygen atoms in total. The fourth-order valence-corrected chi connectivity index (χ4v) is 3.06. The largest absolute Gasteiger partial charge is 0.490 e. The number of aliphatic imine (C=N–C) groups is 1. The highest BCUT2D eigenvalue weighted by Crippen LogP contribution is 2.13. The van der Waals surface area contributed by atoms with Crippen LogP contribution in [0.3, 0.4) is 0 Å². The third-order valence-electron chi connectivity index (χ3n) is 4.83. The van der Waals surface area contributed by atoms with Crippen molar-refractivity contribution in [2.24, 2.45) is 4.99 Å². The number of aliphatic hydroxyl groups excluding tert-OH is 1. The highest BCUT2D eigenvalue weighted by molar-refractivity contribution is 14.0. The average Bonchev–Trinajstić information content (AvgIpc) is 2.86. The number of aromatic nitrogens is 1. The van der Waals surface area contributed by atoms with E-state index in [1.807, 2.05) is 72.8 Å². The number of benzene rings is 2. The van der Waals surface area contributed by atoms with Gasteiger partial charge in [-0.2, -0.15) is 0 Å². The van der Waals surface area contributed by atoms with Gasteiger partial charge in [-0.05, 0) is 23.3 Å². The van der Waals surface area contributed by atoms with Crippen LogP contribution in [0.25, 0.3) is 0 Å². The van der Waals surface area contributed by atoms with Crippen LogP contribution in [0.5, 0.6) is 11.6 Å². The minimum absolute atomic E-state index is 0. The van der Waals surface area contributed by atoms with Gasteiger partial charge in [0.15, 0.2) is 5.96 Å². The molecule has 0 aliphatic rings. The Kier molecular flexibility index (Phi) is 12.1. The number of halogens is 1. The van der Waals surface area contributed by atoms with Gasteiger partial charge in [0.05, 0.1) is 6.61 Å². The fraction of sp³-hybridized carbons (Fsp3) is 0.280. The van der Waals surface area contributed by atoms with Gasteiger partial charge in [-0.3, -0.25) is 4.99 Å². The van der Waals surface area contributed by atoms with Crippen LogP contribution in [0.2, 0.25) is 0 Å². The molecule has 0 bridgehead atoms. The molecule has 0 radical (unpaired) electrons. The summed E-state index contributed by atoms with van der Waals surface area (Å²) in [7, 11) is 1.72. The van der Waals surface area contributed by atoms with E-state index in [1.165, 1.54) is 0 Å². The number of para-hydroxylation sites is 1. The Morgan fingerprint density at radius 2 is 1.64 bits per heavy atom. The third-order valence-corrected chi connectivity index (χ3v) is 4.83. The van der Waals surface area contributed by atoms with E-state index in [4.69, 9.17) is 9.47 Å². The summed E-state index contributed by atoms with van der Waals surface area (Å²) in [5, 5.41) is 16.2. The summed E-state index contributed by atoms with van der Waals surface area (Å²) >= 11 is 0. The first-order valence-electron chi connectivity index (χ1n) is 10.6. The number of rotatable bonds is 11. The molecule has 0 saturated carbocycles. The second kappa shape index (κ2) is 15.1. The Morgan fingerprint density at radius 1 is 0.939 bits per heavy atom. The van der Waals surface area contributed by atoms with Crippen molar-refractivity contribution in [3.63, 3.8) is 0 Å². The summed E-state index contributed by atoms with van der Waals surface area (Å²) in [5.41, 5.74) is 2.09. The van der Waals surface area contributed by atoms with Crippen molar-refractivity contribution in [2.75, 3.05) is 33.4 Å². The van der Waals surface area contributed by atoms with Gasteiger partial charge < -0.3 is 25.2 Å². The maximum absolute atomic E-state index is 9.71. The van der Waals surface area contributed by atoms with Crippen molar-refractivity contribution in [2.45, 2.75) is 12.5 Å². The monoisotopic (exact) mass is 562 g/mol. The molecule has 1 aromatic heterocycles. The van der Waals surface area contributed by atoms with Gasteiger partial charge in [0.2, 0.25) is 5.88 Å². The van der Waals surface area contributed by atoms with Crippen molar-refractivity contribution in [3.8, 4) is 11.6 Å². The van der Waals surface area contributed by atoms with Crippen LogP contribution in [0.15, 0.2) is 84.0 Å². The molecular weight excluding hydrogens is 531 g/mol. The van der Waals surface area contributed by atoms with Crippen molar-refractivity contribution in [1.82, 2.24) is 15.6 Å². The Morgan fingerprint density at radius 3 is 2.27 bits per heavy atom. The van der Waals surface area contributed by atoms with Crippen LogP contribution in [0.4, 0.5) is 0 Å². The number of ether oxygens (including phenoxy) is 2. The molecule has 3 N–H and O–H groups in total. The number of hydrogen-bond donors (Lipinski definition) is 3. The first-order valence-corrected chi connectivity index (χ1v) is 10.6. The summed E-state index contributed by atoms with van der Waals surface area (Å²) in [6.45, 7) is 2.09. The molecule has 0 aliphatic carbocycles. The minimum Gasteiger partial charge on any atom is -0.490 e. The number of guanidine groups is 1. The van der Waals surface area contributed by atoms with Crippen LogP contribution in [0, 0.1) is 0 Å². The SMILES string of the molecule is CN=C(NCc1ccc(OCCOc2ccccc2)nc1)NCC(CO)c1ccccc1.I. The van der Waals surface area contributed by atoms with Crippen LogP contribution < -0.4 is 20.1 Å². The maximum atomic E-state index is 9.71. The molecule has 0 fully saturated rings. The van der Waals surface area contributed by atoms with Gasteiger partial charge >= 0.3 is 0 Å². The maximum Gasteiger partial charge on any atom is 0.213 e. The molecular formula is C25H31IN4O3. The summed E-state index contributed by atoms with van der Waals surface area (Å²) < 4.78 is 11.2. The first-order chi connectivity index (χ1) is 15.8. The smallest absolute Gasteiger partial charge is 0.213 e. The quantitative estimate of drug-likeness (QED) is 0.143. The molecule has 1 unspecified atom stereocenters. The summed E-state index contributed by atoms with van der Waals surface area (Å²) in [5.74, 6) is 2.04. The molecule has 176 valence electrons. The molecule has 0 spiro atoms. The lowest BCUT2D eigenvalue weighted by atomic mass is 10.0. The lowest BCUT2D eigenvalue weighted by Crippen LogP contribution is -2.39. The van der Waals surface area contributed by atoms with E-state index in [2.05, 4.69) is 20.6 Å². The zero-order valence-corrected chi connectivity index (χ0v) is 21.0. The topological polar surface area (TPSA) is 88.0 Å². The standard InChI is InChI=1S/C25H30N4O3.HI/c1-26-25(29-18-22(19-30)21-8-4-2-5-9-21)28-17-20-12-13-24(27-16-20)32-15-14-31-23-10-6-3-7-11-23;/h2-13,16,22,30H,14-15,17-19H2,1H3,(H2,26,28,29);1H. The first kappa shape index (κ1) is 26.4. The summed E-state index contributed by atoms with van der Waals surface area (Å²) in [6, 6.07) is 23.4. The molecule has 0 aliphatic heterocycles. The van der Waals surface area contributed by atoms with Gasteiger partial charge in [0.25, 0.3) is 0 Å². The second-order valence-corrected chi connectivity index (χ2v) is 7.11. The summed E-state index contributed by atoms with van der Waals surface area (Å²) in [4.78, 5) is 8.59. The van der Waals surface area contributed by atoms with Gasteiger partial charge in [-0.1, -0.05) is 54.6 Å². The minimum atomic E-state index is -0.00119. The van der Waals surface area contributed by atoms with E-state index in [-0.39, 0.29) is 36.5 Å². The van der Waals surface area contributed by atoms with Crippen LogP contribution >= 0.6 is 24.0 Å². The molecule has 0 amide bonds. The fourth-order valence-electron chi connectivity index (χ4n) is 3.06. The van der Waals surface area contributed by atoms with Gasteiger partial charge in [0, 0.05) is 38.3 Å². The van der Waals surface area contributed by atoms with Crippen molar-refractivity contribution >= 4 is 29.9 Å². The van der Waals surface area contributed by atoms with Crippen molar-refractivity contribution in [1.29, 1.82) is 0 Å². The molecule has 3 aromatic rings. The Labute approximate surface area is 212 Å². The number of pyridine rings is 1. The average molecular weight is 562 g/mol. The second-order valence-electron chi connectivity index (χ2n) is 7.11. The van der Waals surface area contributed by atoms with Crippen molar-refractivity contribution in [3.05, 3.63) is 90.1 Å². The Balaban J connectivity index is 0.00000385. The molecule has 3 rings (SSSR count). The number of nitrogens with one attached hydrogen (secondary N) is 2. The predicted octanol–water partition coefficient (Wildman–Crippen LogP) is 3.60. The van der Waals surface area contributed by atoms with E-state index in [0.717, 1.165) is 16.9 Å². The lowest BCUT2D eigenvalue weighted by Gasteiger charge is -2.18. The predicted molar refractivity (Wildman–Crippen MR) is 142 cm³/mol. The number of nitrogens with zero attached hydrogens (tertiary/aromatic N) is 2. The van der Waals surface area contributed by atoms with Gasteiger partial charge in [-0.25, -0.2) is 4.98 Å². The highest BCUT2D eigenvalue weighted by Gasteiger charge is 2.10. The van der Waals surface area contributed by atoms with E-state index >= 15 is 0 Å². The molecule has 33 heavy (non-hydrogen) atoms. The number of aliphatic hydroxyl groups is 1. The molecule has 1 heterocycles. The molecule has 8 heteroatoms. The Bertz CT molecular complexity index is 941. The molecule has 2 aromatic carbocycles. The molecule has 0 saturated heterocycles. The van der Waals surface area contributed by atoms with Gasteiger partial charge in [0.1, 0.15) is 19.0 Å². The van der Waals surface area contributed by atoms with Crippen LogP contribution in [-0.2, 0) is 6.54 Å². The Hall–Kier alpha value is -2.85. The van der Waals surface area contributed by atoms with Crippen LogP contribution in [-0.4, -0.2) is 49.5 Å². The van der Waals surface area contributed by atoms with Gasteiger partial charge in [-0.15, -0.1) is 24.0 Å². The lowest BCUT2D eigenvalue weighted by molar-refractivity contribution is 0.212. The van der Waals surface area contributed by atoms with Crippen molar-refractivity contribution < 1.29 is 14.6 Å². The highest BCUT2D eigenvalue weighted by atomic mass is 127.